The van der Waals surface area contributed by atoms with Gasteiger partial charge in [0.05, 0.1) is 12.3 Å². The van der Waals surface area contributed by atoms with Gasteiger partial charge in [-0.3, -0.25) is 4.79 Å². The summed E-state index contributed by atoms with van der Waals surface area (Å²) in [6.07, 6.45) is 3.43. The van der Waals surface area contributed by atoms with Crippen LogP contribution in [0.3, 0.4) is 0 Å². The zero-order valence-corrected chi connectivity index (χ0v) is 22.8. The molecule has 192 valence electrons. The van der Waals surface area contributed by atoms with E-state index in [4.69, 9.17) is 4.74 Å². The Bertz CT molecular complexity index is 1290. The van der Waals surface area contributed by atoms with E-state index in [2.05, 4.69) is 22.4 Å². The summed E-state index contributed by atoms with van der Waals surface area (Å²) in [6, 6.07) is 39.3. The van der Waals surface area contributed by atoms with Crippen LogP contribution >= 0.6 is 23.5 Å². The number of ether oxygens (including phenoxy) is 1. The number of thioether (sulfide) groups is 2. The summed E-state index contributed by atoms with van der Waals surface area (Å²) in [4.78, 5) is 18.4. The van der Waals surface area contributed by atoms with Gasteiger partial charge in [-0.25, -0.2) is 4.99 Å². The average Bonchev–Trinajstić information content (AvgIpc) is 2.96. The molecular formula is C32H30N2O2S2. The summed E-state index contributed by atoms with van der Waals surface area (Å²) in [5.74, 6) is 0.506. The maximum Gasteiger partial charge on any atom is 0.248 e. The molecule has 4 aromatic carbocycles. The van der Waals surface area contributed by atoms with Crippen LogP contribution in [-0.4, -0.2) is 18.4 Å². The van der Waals surface area contributed by atoms with Gasteiger partial charge in [0.25, 0.3) is 0 Å². The van der Waals surface area contributed by atoms with Crippen LogP contribution in [0.1, 0.15) is 6.92 Å². The van der Waals surface area contributed by atoms with E-state index in [0.29, 0.717) is 12.5 Å². The lowest BCUT2D eigenvalue weighted by atomic mass is 10.3. The third-order valence-corrected chi connectivity index (χ3v) is 6.29. The molecule has 4 rings (SSSR count). The zero-order chi connectivity index (χ0) is 26.7. The number of carbonyl (C=O) groups is 1. The van der Waals surface area contributed by atoms with Gasteiger partial charge in [-0.2, -0.15) is 0 Å². The van der Waals surface area contributed by atoms with Gasteiger partial charge >= 0.3 is 0 Å². The summed E-state index contributed by atoms with van der Waals surface area (Å²) in [5, 5.41) is 6.57. The average molecular weight is 539 g/mol. The SMILES string of the molecule is CCOC(/C=C/Sc1ccccc1)=Nc1ccccc1.O=C(/C=C\Sc1ccccc1)Nc1ccccc1. The monoisotopic (exact) mass is 538 g/mol. The molecular weight excluding hydrogens is 508 g/mol. The number of rotatable bonds is 9. The van der Waals surface area contributed by atoms with Crippen molar-refractivity contribution in [3.05, 3.63) is 144 Å². The molecule has 1 amide bonds. The molecule has 38 heavy (non-hydrogen) atoms. The predicted octanol–water partition coefficient (Wildman–Crippen LogP) is 8.99. The maximum atomic E-state index is 11.6. The predicted molar refractivity (Wildman–Crippen MR) is 163 cm³/mol. The van der Waals surface area contributed by atoms with Gasteiger partial charge in [0, 0.05) is 27.6 Å². The lowest BCUT2D eigenvalue weighted by Crippen LogP contribution is -2.07. The van der Waals surface area contributed by atoms with Crippen molar-refractivity contribution in [1.29, 1.82) is 0 Å². The number of benzene rings is 4. The first-order chi connectivity index (χ1) is 18.7. The number of hydrogen-bond acceptors (Lipinski definition) is 5. The number of nitrogens with zero attached hydrogens (tertiary/aromatic N) is 1. The lowest BCUT2D eigenvalue weighted by molar-refractivity contribution is -0.111. The van der Waals surface area contributed by atoms with Crippen LogP contribution in [0, 0.1) is 0 Å². The van der Waals surface area contributed by atoms with Gasteiger partial charge in [-0.05, 0) is 66.3 Å². The normalized spacial score (nSPS) is 11.1. The molecule has 4 nitrogen and oxygen atoms in total. The molecule has 0 bridgehead atoms. The van der Waals surface area contributed by atoms with Crippen molar-refractivity contribution in [2.45, 2.75) is 16.7 Å². The molecule has 0 radical (unpaired) electrons. The van der Waals surface area contributed by atoms with Gasteiger partial charge in [0.1, 0.15) is 0 Å². The lowest BCUT2D eigenvalue weighted by Gasteiger charge is -2.02. The maximum absolute atomic E-state index is 11.6. The molecule has 0 saturated heterocycles. The number of para-hydroxylation sites is 2. The van der Waals surface area contributed by atoms with Crippen molar-refractivity contribution in [2.24, 2.45) is 4.99 Å². The smallest absolute Gasteiger partial charge is 0.248 e. The minimum absolute atomic E-state index is 0.121. The standard InChI is InChI=1S/C17H17NOS.C15H13NOS/c1-2-19-17(18-15-9-5-3-6-10-15)13-14-20-16-11-7-4-8-12-16;17-15(16-13-7-3-1-4-8-13)11-12-18-14-9-5-2-6-10-14/h3-14H,2H2,1H3;1-12H,(H,16,17)/b14-13+,18-17?;12-11-. The number of aliphatic imine (C=N–C) groups is 1. The first-order valence-corrected chi connectivity index (χ1v) is 13.9. The van der Waals surface area contributed by atoms with E-state index in [1.54, 1.807) is 17.2 Å². The molecule has 0 saturated carbocycles. The van der Waals surface area contributed by atoms with Crippen molar-refractivity contribution >= 4 is 46.7 Å². The summed E-state index contributed by atoms with van der Waals surface area (Å²) >= 11 is 3.16. The fourth-order valence-electron chi connectivity index (χ4n) is 2.94. The molecule has 0 atom stereocenters. The third-order valence-electron chi connectivity index (χ3n) is 4.65. The second kappa shape index (κ2) is 17.5. The molecule has 0 spiro atoms. The Morgan fingerprint density at radius 3 is 1.71 bits per heavy atom. The summed E-state index contributed by atoms with van der Waals surface area (Å²) < 4.78 is 5.53. The number of amides is 1. The van der Waals surface area contributed by atoms with E-state index < -0.39 is 0 Å². The van der Waals surface area contributed by atoms with Gasteiger partial charge < -0.3 is 10.1 Å². The molecule has 0 aliphatic carbocycles. The number of anilines is 1. The summed E-state index contributed by atoms with van der Waals surface area (Å²) in [7, 11) is 0. The van der Waals surface area contributed by atoms with Gasteiger partial charge in [-0.1, -0.05) is 96.3 Å². The highest BCUT2D eigenvalue weighted by atomic mass is 32.2. The molecule has 0 aliphatic heterocycles. The molecule has 0 aromatic heterocycles. The van der Waals surface area contributed by atoms with Gasteiger partial charge in [-0.15, -0.1) is 0 Å². The first kappa shape index (κ1) is 28.6. The largest absolute Gasteiger partial charge is 0.478 e. The topological polar surface area (TPSA) is 50.7 Å². The second-order valence-corrected chi connectivity index (χ2v) is 9.50. The highest BCUT2D eigenvalue weighted by molar-refractivity contribution is 8.02. The molecule has 0 unspecified atom stereocenters. The highest BCUT2D eigenvalue weighted by Crippen LogP contribution is 2.19. The molecule has 0 fully saturated rings. The summed E-state index contributed by atoms with van der Waals surface area (Å²) in [6.45, 7) is 2.56. The van der Waals surface area contributed by atoms with E-state index in [1.165, 1.54) is 22.7 Å². The van der Waals surface area contributed by atoms with Crippen molar-refractivity contribution in [2.75, 3.05) is 11.9 Å². The van der Waals surface area contributed by atoms with Crippen LogP contribution in [0.4, 0.5) is 11.4 Å². The number of carbonyl (C=O) groups excluding carboxylic acids is 1. The van der Waals surface area contributed by atoms with Crippen LogP contribution < -0.4 is 5.32 Å². The van der Waals surface area contributed by atoms with E-state index in [1.807, 2.05) is 128 Å². The molecule has 0 aliphatic rings. The van der Waals surface area contributed by atoms with Gasteiger partial charge in [0.2, 0.25) is 11.8 Å². The van der Waals surface area contributed by atoms with Crippen molar-refractivity contribution in [3.63, 3.8) is 0 Å². The van der Waals surface area contributed by atoms with Crippen molar-refractivity contribution in [3.8, 4) is 0 Å². The minimum Gasteiger partial charge on any atom is -0.478 e. The van der Waals surface area contributed by atoms with Gasteiger partial charge in [0.15, 0.2) is 0 Å². The third kappa shape index (κ3) is 11.8. The summed E-state index contributed by atoms with van der Waals surface area (Å²) in [5.41, 5.74) is 1.70. The number of nitrogens with one attached hydrogen (secondary N) is 1. The Kier molecular flexibility index (Phi) is 13.1. The van der Waals surface area contributed by atoms with E-state index in [-0.39, 0.29) is 5.91 Å². The molecule has 4 aromatic rings. The Morgan fingerprint density at radius 2 is 1.18 bits per heavy atom. The Morgan fingerprint density at radius 1 is 0.711 bits per heavy atom. The molecule has 0 heterocycles. The van der Waals surface area contributed by atoms with Crippen LogP contribution in [0.25, 0.3) is 0 Å². The zero-order valence-electron chi connectivity index (χ0n) is 21.1. The van der Waals surface area contributed by atoms with Crippen LogP contribution in [0.5, 0.6) is 0 Å². The van der Waals surface area contributed by atoms with E-state index in [0.717, 1.165) is 16.3 Å². The van der Waals surface area contributed by atoms with Crippen molar-refractivity contribution < 1.29 is 9.53 Å². The Balaban J connectivity index is 0.000000212. The highest BCUT2D eigenvalue weighted by Gasteiger charge is 1.97. The fourth-order valence-corrected chi connectivity index (χ4v) is 4.26. The molecule has 6 heteroatoms. The van der Waals surface area contributed by atoms with Crippen LogP contribution in [0.2, 0.25) is 0 Å². The number of hydrogen-bond donors (Lipinski definition) is 1. The minimum atomic E-state index is -0.121. The Hall–Kier alpha value is -4.00. The Labute approximate surface area is 233 Å². The van der Waals surface area contributed by atoms with Crippen molar-refractivity contribution in [1.82, 2.24) is 0 Å². The quantitative estimate of drug-likeness (QED) is 0.1000. The van der Waals surface area contributed by atoms with Crippen LogP contribution in [-0.2, 0) is 9.53 Å². The van der Waals surface area contributed by atoms with Crippen LogP contribution in [0.15, 0.2) is 159 Å². The first-order valence-electron chi connectivity index (χ1n) is 12.1. The second-order valence-electron chi connectivity index (χ2n) is 7.54. The van der Waals surface area contributed by atoms with E-state index >= 15 is 0 Å². The van der Waals surface area contributed by atoms with E-state index in [9.17, 15) is 4.79 Å². The fraction of sp³-hybridized carbons (Fsp3) is 0.0625. The molecule has 1 N–H and O–H groups in total.